The lowest BCUT2D eigenvalue weighted by molar-refractivity contribution is 0.0844. The quantitative estimate of drug-likeness (QED) is 0.914. The fourth-order valence-electron chi connectivity index (χ4n) is 3.91. The molecule has 0 radical (unpaired) electrons. The van der Waals surface area contributed by atoms with E-state index in [0.717, 1.165) is 73.9 Å². The monoisotopic (exact) mass is 330 g/mol. The third kappa shape index (κ3) is 2.78. The van der Waals surface area contributed by atoms with E-state index < -0.39 is 0 Å². The molecule has 1 atom stereocenters. The van der Waals surface area contributed by atoms with Gasteiger partial charge in [0, 0.05) is 49.5 Å². The smallest absolute Gasteiger partial charge is 0.157 e. The van der Waals surface area contributed by atoms with Gasteiger partial charge in [0.15, 0.2) is 5.65 Å². The number of aliphatic hydroxyl groups is 1. The summed E-state index contributed by atoms with van der Waals surface area (Å²) in [5, 5.41) is 15.0. The van der Waals surface area contributed by atoms with Crippen LogP contribution in [0.4, 0.5) is 5.82 Å². The van der Waals surface area contributed by atoms with E-state index in [1.165, 1.54) is 0 Å². The van der Waals surface area contributed by atoms with Crippen LogP contribution in [-0.2, 0) is 4.74 Å². The molecule has 0 aromatic carbocycles. The highest BCUT2D eigenvalue weighted by Crippen LogP contribution is 2.30. The van der Waals surface area contributed by atoms with Crippen LogP contribution in [0.3, 0.4) is 0 Å². The average Bonchev–Trinajstić information content (AvgIpc) is 3.00. The fourth-order valence-corrected chi connectivity index (χ4v) is 3.91. The number of hydrogen-bond acceptors (Lipinski definition) is 5. The van der Waals surface area contributed by atoms with Crippen LogP contribution in [0.5, 0.6) is 0 Å². The van der Waals surface area contributed by atoms with Crippen molar-refractivity contribution >= 4 is 11.5 Å². The molecule has 0 bridgehead atoms. The molecule has 0 spiro atoms. The third-order valence-corrected chi connectivity index (χ3v) is 5.41. The Morgan fingerprint density at radius 2 is 2.00 bits per heavy atom. The van der Waals surface area contributed by atoms with Crippen LogP contribution in [0.15, 0.2) is 6.07 Å². The van der Waals surface area contributed by atoms with Crippen LogP contribution in [0.25, 0.3) is 5.65 Å². The first-order valence-electron chi connectivity index (χ1n) is 9.01. The summed E-state index contributed by atoms with van der Waals surface area (Å²) in [4.78, 5) is 7.02. The minimum atomic E-state index is -0.257. The fraction of sp³-hybridized carbons (Fsp3) is 0.667. The number of fused-ring (bicyclic) bond motifs is 1. The standard InChI is InChI=1S/C18H26N4O2/c1-12-13(2)19-17-10-16(14-5-8-24-9-6-14)20-22(17)18(12)21-7-3-4-15(23)11-21/h10,14-15,23H,3-9,11H2,1-2H3. The first-order valence-corrected chi connectivity index (χ1v) is 9.01. The maximum Gasteiger partial charge on any atom is 0.157 e. The highest BCUT2D eigenvalue weighted by Gasteiger charge is 2.25. The number of hydrogen-bond donors (Lipinski definition) is 1. The molecule has 2 saturated heterocycles. The zero-order chi connectivity index (χ0) is 16.7. The van der Waals surface area contributed by atoms with Crippen molar-refractivity contribution in [1.29, 1.82) is 0 Å². The molecular formula is C18H26N4O2. The second-order valence-electron chi connectivity index (χ2n) is 7.11. The number of aryl methyl sites for hydroxylation is 1. The summed E-state index contributed by atoms with van der Waals surface area (Å²) >= 11 is 0. The van der Waals surface area contributed by atoms with E-state index in [9.17, 15) is 5.11 Å². The minimum Gasteiger partial charge on any atom is -0.391 e. The van der Waals surface area contributed by atoms with Crippen LogP contribution in [0.1, 0.15) is 48.6 Å². The van der Waals surface area contributed by atoms with E-state index in [1.54, 1.807) is 0 Å². The summed E-state index contributed by atoms with van der Waals surface area (Å²) in [5.41, 5.74) is 4.22. The summed E-state index contributed by atoms with van der Waals surface area (Å²) in [7, 11) is 0. The van der Waals surface area contributed by atoms with Crippen LogP contribution in [0, 0.1) is 13.8 Å². The lowest BCUT2D eigenvalue weighted by Crippen LogP contribution is -2.40. The normalized spacial score (nSPS) is 23.1. The van der Waals surface area contributed by atoms with E-state index in [-0.39, 0.29) is 6.10 Å². The summed E-state index contributed by atoms with van der Waals surface area (Å²) in [5.74, 6) is 1.55. The van der Waals surface area contributed by atoms with Gasteiger partial charge >= 0.3 is 0 Å². The predicted molar refractivity (Wildman–Crippen MR) is 92.7 cm³/mol. The summed E-state index contributed by atoms with van der Waals surface area (Å²) in [6.45, 7) is 7.42. The van der Waals surface area contributed by atoms with Gasteiger partial charge in [-0.25, -0.2) is 4.98 Å². The molecule has 2 aromatic rings. The molecule has 4 rings (SSSR count). The van der Waals surface area contributed by atoms with Crippen molar-refractivity contribution in [3.05, 3.63) is 23.0 Å². The molecule has 2 aliphatic rings. The molecule has 6 heteroatoms. The van der Waals surface area contributed by atoms with Crippen LogP contribution in [-0.4, -0.2) is 52.1 Å². The van der Waals surface area contributed by atoms with Gasteiger partial charge in [-0.15, -0.1) is 0 Å². The van der Waals surface area contributed by atoms with Crippen molar-refractivity contribution in [2.24, 2.45) is 0 Å². The van der Waals surface area contributed by atoms with Gasteiger partial charge in [0.2, 0.25) is 0 Å². The molecule has 2 aromatic heterocycles. The molecule has 0 amide bonds. The minimum absolute atomic E-state index is 0.257. The van der Waals surface area contributed by atoms with Gasteiger partial charge in [-0.05, 0) is 39.5 Å². The number of rotatable bonds is 2. The SMILES string of the molecule is Cc1nc2cc(C3CCOCC3)nn2c(N2CCCC(O)C2)c1C. The second-order valence-corrected chi connectivity index (χ2v) is 7.11. The van der Waals surface area contributed by atoms with E-state index in [4.69, 9.17) is 14.8 Å². The largest absolute Gasteiger partial charge is 0.391 e. The highest BCUT2D eigenvalue weighted by molar-refractivity contribution is 5.57. The zero-order valence-electron chi connectivity index (χ0n) is 14.5. The molecule has 24 heavy (non-hydrogen) atoms. The molecule has 2 aliphatic heterocycles. The van der Waals surface area contributed by atoms with Crippen LogP contribution in [0.2, 0.25) is 0 Å². The number of nitrogens with zero attached hydrogens (tertiary/aromatic N) is 4. The molecular weight excluding hydrogens is 304 g/mol. The van der Waals surface area contributed by atoms with Crippen molar-refractivity contribution in [1.82, 2.24) is 14.6 Å². The number of ether oxygens (including phenoxy) is 1. The van der Waals surface area contributed by atoms with Gasteiger partial charge < -0.3 is 14.7 Å². The van der Waals surface area contributed by atoms with Gasteiger partial charge in [0.1, 0.15) is 5.82 Å². The molecule has 0 aliphatic carbocycles. The van der Waals surface area contributed by atoms with Gasteiger partial charge in [0.25, 0.3) is 0 Å². The molecule has 6 nitrogen and oxygen atoms in total. The van der Waals surface area contributed by atoms with Crippen LogP contribution < -0.4 is 4.90 Å². The Hall–Kier alpha value is -1.66. The maximum atomic E-state index is 10.1. The molecule has 130 valence electrons. The number of aliphatic hydroxyl groups excluding tert-OH is 1. The lowest BCUT2D eigenvalue weighted by atomic mass is 9.97. The number of anilines is 1. The molecule has 1 N–H and O–H groups in total. The van der Waals surface area contributed by atoms with Crippen molar-refractivity contribution in [3.8, 4) is 0 Å². The Bertz CT molecular complexity index is 736. The maximum absolute atomic E-state index is 10.1. The first-order chi connectivity index (χ1) is 11.6. The Morgan fingerprint density at radius 3 is 2.75 bits per heavy atom. The van der Waals surface area contributed by atoms with E-state index in [1.807, 2.05) is 4.52 Å². The van der Waals surface area contributed by atoms with Crippen molar-refractivity contribution < 1.29 is 9.84 Å². The Kier molecular flexibility index (Phi) is 4.18. The Morgan fingerprint density at radius 1 is 1.21 bits per heavy atom. The lowest BCUT2D eigenvalue weighted by Gasteiger charge is -2.33. The second kappa shape index (κ2) is 6.33. The van der Waals surface area contributed by atoms with Crippen molar-refractivity contribution in [2.45, 2.75) is 51.6 Å². The Balaban J connectivity index is 1.78. The van der Waals surface area contributed by atoms with Gasteiger partial charge in [-0.3, -0.25) is 0 Å². The molecule has 0 saturated carbocycles. The predicted octanol–water partition coefficient (Wildman–Crippen LogP) is 2.20. The first kappa shape index (κ1) is 15.8. The summed E-state index contributed by atoms with van der Waals surface area (Å²) < 4.78 is 7.47. The van der Waals surface area contributed by atoms with E-state index in [2.05, 4.69) is 24.8 Å². The van der Waals surface area contributed by atoms with E-state index >= 15 is 0 Å². The van der Waals surface area contributed by atoms with Gasteiger partial charge in [-0.1, -0.05) is 0 Å². The molecule has 2 fully saturated rings. The molecule has 4 heterocycles. The summed E-state index contributed by atoms with van der Waals surface area (Å²) in [6.07, 6.45) is 3.69. The van der Waals surface area contributed by atoms with Crippen LogP contribution >= 0.6 is 0 Å². The van der Waals surface area contributed by atoms with Gasteiger partial charge in [0.05, 0.1) is 11.8 Å². The summed E-state index contributed by atoms with van der Waals surface area (Å²) in [6, 6.07) is 2.13. The Labute approximate surface area is 142 Å². The van der Waals surface area contributed by atoms with E-state index in [0.29, 0.717) is 12.5 Å². The third-order valence-electron chi connectivity index (χ3n) is 5.41. The highest BCUT2D eigenvalue weighted by atomic mass is 16.5. The molecule has 1 unspecified atom stereocenters. The van der Waals surface area contributed by atoms with Crippen molar-refractivity contribution in [3.63, 3.8) is 0 Å². The number of aromatic nitrogens is 3. The van der Waals surface area contributed by atoms with Crippen molar-refractivity contribution in [2.75, 3.05) is 31.2 Å². The number of piperidine rings is 1. The average molecular weight is 330 g/mol. The van der Waals surface area contributed by atoms with Gasteiger partial charge in [-0.2, -0.15) is 9.61 Å². The zero-order valence-corrected chi connectivity index (χ0v) is 14.5. The number of β-amino-alcohol motifs (C(OH)–C–C–N with tert-alkyl or cyclic N) is 1. The topological polar surface area (TPSA) is 62.9 Å².